The Bertz CT molecular complexity index is 1440. The van der Waals surface area contributed by atoms with Gasteiger partial charge >= 0.3 is 0 Å². The number of rotatable bonds is 5. The molecule has 2 aliphatic heterocycles. The van der Waals surface area contributed by atoms with E-state index in [1.54, 1.807) is 24.0 Å². The molecule has 2 atom stereocenters. The van der Waals surface area contributed by atoms with Gasteiger partial charge in [-0.1, -0.05) is 42.5 Å². The second-order valence-corrected chi connectivity index (χ2v) is 9.30. The first-order chi connectivity index (χ1) is 17.6. The molecular formula is C29H27N3O4. The summed E-state index contributed by atoms with van der Waals surface area (Å²) in [6.45, 7) is 0.427. The molecule has 6 rings (SSSR count). The molecule has 1 aromatic heterocycles. The zero-order valence-electron chi connectivity index (χ0n) is 20.2. The molecule has 0 bridgehead atoms. The van der Waals surface area contributed by atoms with Gasteiger partial charge in [0.15, 0.2) is 0 Å². The minimum absolute atomic E-state index is 0.0279. The Labute approximate surface area is 209 Å². The molecule has 1 saturated heterocycles. The van der Waals surface area contributed by atoms with Crippen molar-refractivity contribution in [3.8, 4) is 11.5 Å². The number of nitrogens with zero attached hydrogens (tertiary/aromatic N) is 2. The normalized spacial score (nSPS) is 19.3. The number of hydrogen-bond acceptors (Lipinski definition) is 4. The van der Waals surface area contributed by atoms with Crippen molar-refractivity contribution in [1.82, 2.24) is 14.8 Å². The number of para-hydroxylation sites is 1. The Kier molecular flexibility index (Phi) is 5.40. The van der Waals surface area contributed by atoms with Gasteiger partial charge in [0.2, 0.25) is 11.8 Å². The van der Waals surface area contributed by atoms with Crippen LogP contribution in [0.3, 0.4) is 0 Å². The SMILES string of the molecule is COc1ccc(CN2CC(=O)N3C(Cc4c([nH]c5ccccc45)C3c3ccc(OC)cc3)C2=O)cc1. The predicted octanol–water partition coefficient (Wildman–Crippen LogP) is 4.07. The van der Waals surface area contributed by atoms with E-state index in [0.29, 0.717) is 13.0 Å². The summed E-state index contributed by atoms with van der Waals surface area (Å²) in [5.41, 5.74) is 4.98. The zero-order valence-corrected chi connectivity index (χ0v) is 20.2. The number of carbonyl (C=O) groups is 2. The van der Waals surface area contributed by atoms with Gasteiger partial charge in [0.25, 0.3) is 0 Å². The third kappa shape index (κ3) is 3.59. The summed E-state index contributed by atoms with van der Waals surface area (Å²) in [7, 11) is 3.25. The van der Waals surface area contributed by atoms with Crippen LogP contribution >= 0.6 is 0 Å². The largest absolute Gasteiger partial charge is 0.497 e. The lowest BCUT2D eigenvalue weighted by Gasteiger charge is -2.47. The summed E-state index contributed by atoms with van der Waals surface area (Å²) < 4.78 is 10.6. The highest BCUT2D eigenvalue weighted by Crippen LogP contribution is 2.43. The van der Waals surface area contributed by atoms with Crippen LogP contribution < -0.4 is 9.47 Å². The fourth-order valence-corrected chi connectivity index (χ4v) is 5.54. The molecule has 1 fully saturated rings. The van der Waals surface area contributed by atoms with Gasteiger partial charge in [0, 0.05) is 29.6 Å². The number of methoxy groups -OCH3 is 2. The van der Waals surface area contributed by atoms with Crippen LogP contribution in [-0.4, -0.2) is 53.4 Å². The second kappa shape index (κ2) is 8.75. The third-order valence-electron chi connectivity index (χ3n) is 7.31. The highest BCUT2D eigenvalue weighted by molar-refractivity contribution is 5.97. The van der Waals surface area contributed by atoms with E-state index in [-0.39, 0.29) is 24.4 Å². The van der Waals surface area contributed by atoms with Gasteiger partial charge in [-0.15, -0.1) is 0 Å². The number of aromatic amines is 1. The lowest BCUT2D eigenvalue weighted by molar-refractivity contribution is -0.159. The number of aromatic nitrogens is 1. The zero-order chi connectivity index (χ0) is 24.8. The van der Waals surface area contributed by atoms with Gasteiger partial charge in [-0.25, -0.2) is 0 Å². The molecule has 0 saturated carbocycles. The molecule has 0 radical (unpaired) electrons. The van der Waals surface area contributed by atoms with E-state index >= 15 is 0 Å². The number of nitrogens with one attached hydrogen (secondary N) is 1. The van der Waals surface area contributed by atoms with Crippen LogP contribution in [-0.2, 0) is 22.6 Å². The predicted molar refractivity (Wildman–Crippen MR) is 136 cm³/mol. The first-order valence-electron chi connectivity index (χ1n) is 12.0. The molecule has 4 aromatic rings. The molecule has 182 valence electrons. The Morgan fingerprint density at radius 1 is 0.889 bits per heavy atom. The number of benzene rings is 3. The molecule has 0 aliphatic carbocycles. The van der Waals surface area contributed by atoms with Crippen LogP contribution in [0.15, 0.2) is 72.8 Å². The van der Waals surface area contributed by atoms with Crippen molar-refractivity contribution in [2.45, 2.75) is 25.0 Å². The molecule has 7 nitrogen and oxygen atoms in total. The lowest BCUT2D eigenvalue weighted by Crippen LogP contribution is -2.62. The van der Waals surface area contributed by atoms with E-state index in [0.717, 1.165) is 44.8 Å². The molecule has 7 heteroatoms. The van der Waals surface area contributed by atoms with Crippen molar-refractivity contribution in [2.24, 2.45) is 0 Å². The second-order valence-electron chi connectivity index (χ2n) is 9.30. The maximum atomic E-state index is 13.9. The molecule has 3 heterocycles. The van der Waals surface area contributed by atoms with Crippen LogP contribution in [0.1, 0.15) is 28.4 Å². The van der Waals surface area contributed by atoms with E-state index in [4.69, 9.17) is 9.47 Å². The maximum Gasteiger partial charge on any atom is 0.246 e. The Morgan fingerprint density at radius 2 is 1.56 bits per heavy atom. The monoisotopic (exact) mass is 481 g/mol. The van der Waals surface area contributed by atoms with Crippen molar-refractivity contribution in [3.05, 3.63) is 95.2 Å². The number of fused-ring (bicyclic) bond motifs is 4. The quantitative estimate of drug-likeness (QED) is 0.466. The van der Waals surface area contributed by atoms with Gasteiger partial charge in [-0.05, 0) is 47.0 Å². The topological polar surface area (TPSA) is 74.9 Å². The average Bonchev–Trinajstić information content (AvgIpc) is 3.29. The fraction of sp³-hybridized carbons (Fsp3) is 0.241. The first-order valence-corrected chi connectivity index (χ1v) is 12.0. The highest BCUT2D eigenvalue weighted by atomic mass is 16.5. The molecule has 2 unspecified atom stereocenters. The Hall–Kier alpha value is -4.26. The summed E-state index contributed by atoms with van der Waals surface area (Å²) in [4.78, 5) is 34.6. The number of H-pyrrole nitrogens is 1. The lowest BCUT2D eigenvalue weighted by atomic mass is 9.86. The molecular weight excluding hydrogens is 454 g/mol. The van der Waals surface area contributed by atoms with Crippen molar-refractivity contribution in [2.75, 3.05) is 20.8 Å². The van der Waals surface area contributed by atoms with Crippen LogP contribution in [0.4, 0.5) is 0 Å². The molecule has 36 heavy (non-hydrogen) atoms. The van der Waals surface area contributed by atoms with Crippen molar-refractivity contribution < 1.29 is 19.1 Å². The van der Waals surface area contributed by atoms with Crippen molar-refractivity contribution in [3.63, 3.8) is 0 Å². The fourth-order valence-electron chi connectivity index (χ4n) is 5.54. The first kappa shape index (κ1) is 22.2. The number of ether oxygens (including phenoxy) is 2. The molecule has 3 aromatic carbocycles. The van der Waals surface area contributed by atoms with Crippen LogP contribution in [0.25, 0.3) is 10.9 Å². The standard InChI is InChI=1S/C29H27N3O4/c1-35-20-11-7-18(8-12-20)16-31-17-26(33)32-25(29(31)34)15-23-22-5-3-4-6-24(22)30-27(23)28(32)19-9-13-21(36-2)14-10-19/h3-14,25,28,30H,15-17H2,1-2H3. The van der Waals surface area contributed by atoms with E-state index in [9.17, 15) is 9.59 Å². The summed E-state index contributed by atoms with van der Waals surface area (Å²) in [5, 5.41) is 1.10. The van der Waals surface area contributed by atoms with Gasteiger partial charge in [-0.2, -0.15) is 0 Å². The van der Waals surface area contributed by atoms with Crippen molar-refractivity contribution >= 4 is 22.7 Å². The minimum atomic E-state index is -0.566. The number of piperazine rings is 1. The summed E-state index contributed by atoms with van der Waals surface area (Å²) in [6, 6.07) is 22.5. The Balaban J connectivity index is 1.41. The molecule has 2 aliphatic rings. The van der Waals surface area contributed by atoms with E-state index in [1.807, 2.05) is 66.7 Å². The minimum Gasteiger partial charge on any atom is -0.497 e. The van der Waals surface area contributed by atoms with Crippen LogP contribution in [0.5, 0.6) is 11.5 Å². The number of hydrogen-bond donors (Lipinski definition) is 1. The number of carbonyl (C=O) groups excluding carboxylic acids is 2. The summed E-state index contributed by atoms with van der Waals surface area (Å²) in [6.07, 6.45) is 0.482. The summed E-state index contributed by atoms with van der Waals surface area (Å²) >= 11 is 0. The average molecular weight is 482 g/mol. The molecule has 1 N–H and O–H groups in total. The summed E-state index contributed by atoms with van der Waals surface area (Å²) in [5.74, 6) is 1.42. The van der Waals surface area contributed by atoms with E-state index in [1.165, 1.54) is 0 Å². The number of amides is 2. The van der Waals surface area contributed by atoms with Gasteiger partial charge < -0.3 is 24.3 Å². The van der Waals surface area contributed by atoms with Gasteiger partial charge in [0.1, 0.15) is 24.1 Å². The van der Waals surface area contributed by atoms with E-state index < -0.39 is 6.04 Å². The molecule has 2 amide bonds. The van der Waals surface area contributed by atoms with E-state index in [2.05, 4.69) is 11.1 Å². The van der Waals surface area contributed by atoms with Crippen LogP contribution in [0, 0.1) is 0 Å². The van der Waals surface area contributed by atoms with Gasteiger partial charge in [0.05, 0.1) is 20.3 Å². The maximum absolute atomic E-state index is 13.9. The Morgan fingerprint density at radius 3 is 2.25 bits per heavy atom. The molecule has 0 spiro atoms. The van der Waals surface area contributed by atoms with Gasteiger partial charge in [-0.3, -0.25) is 9.59 Å². The van der Waals surface area contributed by atoms with Crippen LogP contribution in [0.2, 0.25) is 0 Å². The van der Waals surface area contributed by atoms with Crippen molar-refractivity contribution in [1.29, 1.82) is 0 Å². The third-order valence-corrected chi connectivity index (χ3v) is 7.31. The highest BCUT2D eigenvalue weighted by Gasteiger charge is 2.48. The smallest absolute Gasteiger partial charge is 0.246 e.